The van der Waals surface area contributed by atoms with Crippen LogP contribution in [0.3, 0.4) is 0 Å². The molecule has 2 aliphatic rings. The van der Waals surface area contributed by atoms with Gasteiger partial charge in [-0.25, -0.2) is 0 Å². The first-order chi connectivity index (χ1) is 9.19. The van der Waals surface area contributed by atoms with Crippen LogP contribution in [0.1, 0.15) is 58.8 Å². The van der Waals surface area contributed by atoms with Gasteiger partial charge in [0.05, 0.1) is 0 Å². The molecule has 1 saturated carbocycles. The van der Waals surface area contributed by atoms with Crippen LogP contribution in [0.15, 0.2) is 12.2 Å². The predicted octanol–water partition coefficient (Wildman–Crippen LogP) is 3.94. The van der Waals surface area contributed by atoms with Gasteiger partial charge in [-0.3, -0.25) is 9.59 Å². The molecule has 2 aliphatic carbocycles. The predicted molar refractivity (Wildman–Crippen MR) is 76.8 cm³/mol. The zero-order valence-corrected chi connectivity index (χ0v) is 12.2. The van der Waals surface area contributed by atoms with Crippen LogP contribution in [0.5, 0.6) is 0 Å². The average molecular weight is 262 g/mol. The second-order valence-corrected chi connectivity index (χ2v) is 6.14. The molecule has 0 aromatic heterocycles. The summed E-state index contributed by atoms with van der Waals surface area (Å²) in [7, 11) is 0. The summed E-state index contributed by atoms with van der Waals surface area (Å²) < 4.78 is 0. The third-order valence-corrected chi connectivity index (χ3v) is 4.76. The van der Waals surface area contributed by atoms with Gasteiger partial charge in [0.25, 0.3) is 0 Å². The minimum Gasteiger partial charge on any atom is -0.299 e. The summed E-state index contributed by atoms with van der Waals surface area (Å²) in [5.41, 5.74) is 0. The maximum Gasteiger partial charge on any atom is 0.137 e. The van der Waals surface area contributed by atoms with Gasteiger partial charge in [-0.05, 0) is 31.1 Å². The zero-order valence-electron chi connectivity index (χ0n) is 12.2. The highest BCUT2D eigenvalue weighted by Crippen LogP contribution is 2.49. The smallest absolute Gasteiger partial charge is 0.137 e. The molecule has 0 spiro atoms. The maximum absolute atomic E-state index is 12.4. The SMILES string of the molecule is CCCCC(=O)[C@@H]1[C@H](C(=O)CCCC)[C@@H]2C=C[C@H]1C2. The van der Waals surface area contributed by atoms with Gasteiger partial charge < -0.3 is 0 Å². The molecule has 2 bridgehead atoms. The molecule has 0 aromatic rings. The number of hydrogen-bond acceptors (Lipinski definition) is 2. The van der Waals surface area contributed by atoms with Crippen LogP contribution in [0.2, 0.25) is 0 Å². The standard InChI is InChI=1S/C17H26O2/c1-3-5-7-14(18)16-12-9-10-13(11-12)17(16)15(19)8-6-4-2/h9-10,12-13,16-17H,3-8,11H2,1-2H3/t12-,13+,16+,17-. The van der Waals surface area contributed by atoms with Crippen LogP contribution in [-0.4, -0.2) is 11.6 Å². The van der Waals surface area contributed by atoms with E-state index in [-0.39, 0.29) is 11.8 Å². The highest BCUT2D eigenvalue weighted by Gasteiger charge is 2.50. The molecule has 4 atom stereocenters. The van der Waals surface area contributed by atoms with Crippen molar-refractivity contribution in [2.75, 3.05) is 0 Å². The molecule has 0 aliphatic heterocycles. The topological polar surface area (TPSA) is 34.1 Å². The third-order valence-electron chi connectivity index (χ3n) is 4.76. The minimum absolute atomic E-state index is 0.00547. The summed E-state index contributed by atoms with van der Waals surface area (Å²) >= 11 is 0. The van der Waals surface area contributed by atoms with Gasteiger partial charge in [0, 0.05) is 24.7 Å². The summed E-state index contributed by atoms with van der Waals surface area (Å²) in [5.74, 6) is 1.40. The highest BCUT2D eigenvalue weighted by molar-refractivity contribution is 5.91. The minimum atomic E-state index is 0.00547. The average Bonchev–Trinajstić information content (AvgIpc) is 3.02. The molecule has 0 heterocycles. The number of Topliss-reactive ketones (excluding diaryl/α,β-unsaturated/α-hetero) is 2. The van der Waals surface area contributed by atoms with Crippen molar-refractivity contribution in [1.29, 1.82) is 0 Å². The van der Waals surface area contributed by atoms with E-state index in [0.29, 0.717) is 36.2 Å². The fraction of sp³-hybridized carbons (Fsp3) is 0.765. The number of carbonyl (C=O) groups excluding carboxylic acids is 2. The Kier molecular flexibility index (Phi) is 4.95. The van der Waals surface area contributed by atoms with Crippen LogP contribution < -0.4 is 0 Å². The molecule has 2 heteroatoms. The first-order valence-electron chi connectivity index (χ1n) is 7.92. The first-order valence-corrected chi connectivity index (χ1v) is 7.92. The van der Waals surface area contributed by atoms with E-state index in [4.69, 9.17) is 0 Å². The highest BCUT2D eigenvalue weighted by atomic mass is 16.1. The summed E-state index contributed by atoms with van der Waals surface area (Å²) in [6, 6.07) is 0. The lowest BCUT2D eigenvalue weighted by Crippen LogP contribution is -2.33. The third kappa shape index (κ3) is 2.98. The Labute approximate surface area is 116 Å². The molecule has 0 N–H and O–H groups in total. The molecular formula is C17H26O2. The fourth-order valence-corrected chi connectivity index (χ4v) is 3.74. The van der Waals surface area contributed by atoms with Crippen LogP contribution in [0.4, 0.5) is 0 Å². The van der Waals surface area contributed by atoms with Crippen molar-refractivity contribution in [1.82, 2.24) is 0 Å². The summed E-state index contributed by atoms with van der Waals surface area (Å²) in [5, 5.41) is 0. The first kappa shape index (κ1) is 14.5. The van der Waals surface area contributed by atoms with E-state index in [2.05, 4.69) is 26.0 Å². The second kappa shape index (κ2) is 6.49. The van der Waals surface area contributed by atoms with Crippen molar-refractivity contribution in [3.05, 3.63) is 12.2 Å². The van der Waals surface area contributed by atoms with Crippen LogP contribution in [0.25, 0.3) is 0 Å². The lowest BCUT2D eigenvalue weighted by molar-refractivity contribution is -0.133. The number of allylic oxidation sites excluding steroid dienone is 2. The second-order valence-electron chi connectivity index (χ2n) is 6.14. The van der Waals surface area contributed by atoms with Crippen LogP contribution in [0, 0.1) is 23.7 Å². The van der Waals surface area contributed by atoms with E-state index in [1.807, 2.05) is 0 Å². The Morgan fingerprint density at radius 2 is 1.32 bits per heavy atom. The van der Waals surface area contributed by atoms with Gasteiger partial charge in [0.15, 0.2) is 0 Å². The van der Waals surface area contributed by atoms with Gasteiger partial charge >= 0.3 is 0 Å². The Hall–Kier alpha value is -0.920. The summed E-state index contributed by atoms with van der Waals surface area (Å²) in [4.78, 5) is 24.8. The summed E-state index contributed by atoms with van der Waals surface area (Å²) in [6.45, 7) is 4.22. The fourth-order valence-electron chi connectivity index (χ4n) is 3.74. The molecule has 2 nitrogen and oxygen atoms in total. The lowest BCUT2D eigenvalue weighted by Gasteiger charge is -2.26. The van der Waals surface area contributed by atoms with Crippen LogP contribution in [-0.2, 0) is 9.59 Å². The number of ketones is 2. The van der Waals surface area contributed by atoms with Gasteiger partial charge in [0.2, 0.25) is 0 Å². The molecule has 106 valence electrons. The van der Waals surface area contributed by atoms with Crippen molar-refractivity contribution in [2.45, 2.75) is 58.8 Å². The van der Waals surface area contributed by atoms with E-state index in [0.717, 1.165) is 32.1 Å². The molecule has 0 radical (unpaired) electrons. The monoisotopic (exact) mass is 262 g/mol. The van der Waals surface area contributed by atoms with Crippen LogP contribution >= 0.6 is 0 Å². The van der Waals surface area contributed by atoms with Crippen molar-refractivity contribution in [3.8, 4) is 0 Å². The van der Waals surface area contributed by atoms with Crippen molar-refractivity contribution < 1.29 is 9.59 Å². The number of unbranched alkanes of at least 4 members (excludes halogenated alkanes) is 2. The number of rotatable bonds is 8. The molecule has 19 heavy (non-hydrogen) atoms. The van der Waals surface area contributed by atoms with Crippen molar-refractivity contribution in [3.63, 3.8) is 0 Å². The Bertz CT molecular complexity index is 335. The molecule has 0 unspecified atom stereocenters. The van der Waals surface area contributed by atoms with E-state index in [9.17, 15) is 9.59 Å². The van der Waals surface area contributed by atoms with E-state index in [1.165, 1.54) is 0 Å². The van der Waals surface area contributed by atoms with Crippen molar-refractivity contribution in [2.24, 2.45) is 23.7 Å². The normalized spacial score (nSPS) is 31.9. The number of hydrogen-bond donors (Lipinski definition) is 0. The largest absolute Gasteiger partial charge is 0.299 e. The quantitative estimate of drug-likeness (QED) is 0.621. The molecule has 0 amide bonds. The molecule has 1 fully saturated rings. The zero-order chi connectivity index (χ0) is 13.8. The van der Waals surface area contributed by atoms with Gasteiger partial charge in [-0.1, -0.05) is 38.8 Å². The van der Waals surface area contributed by atoms with Crippen molar-refractivity contribution >= 4 is 11.6 Å². The van der Waals surface area contributed by atoms with Gasteiger partial charge in [-0.15, -0.1) is 0 Å². The van der Waals surface area contributed by atoms with E-state index >= 15 is 0 Å². The molecule has 2 rings (SSSR count). The molecule has 0 saturated heterocycles. The van der Waals surface area contributed by atoms with Gasteiger partial charge in [-0.2, -0.15) is 0 Å². The number of carbonyl (C=O) groups is 2. The Balaban J connectivity index is 2.04. The lowest BCUT2D eigenvalue weighted by atomic mass is 9.76. The maximum atomic E-state index is 12.4. The van der Waals surface area contributed by atoms with Gasteiger partial charge in [0.1, 0.15) is 11.6 Å². The molecular weight excluding hydrogens is 236 g/mol. The molecule has 0 aromatic carbocycles. The Morgan fingerprint density at radius 1 is 0.895 bits per heavy atom. The Morgan fingerprint density at radius 3 is 1.68 bits per heavy atom. The van der Waals surface area contributed by atoms with E-state index < -0.39 is 0 Å². The number of fused-ring (bicyclic) bond motifs is 2. The van der Waals surface area contributed by atoms with E-state index in [1.54, 1.807) is 0 Å². The summed E-state index contributed by atoms with van der Waals surface area (Å²) in [6.07, 6.45) is 10.8.